The molecule has 2 atom stereocenters. The fourth-order valence-electron chi connectivity index (χ4n) is 0.630. The molecule has 0 aromatic carbocycles. The molecule has 0 bridgehead atoms. The van der Waals surface area contributed by atoms with Crippen LogP contribution < -0.4 is 0 Å². The van der Waals surface area contributed by atoms with Gasteiger partial charge in [0.1, 0.15) is 6.10 Å². The van der Waals surface area contributed by atoms with Crippen molar-refractivity contribution in [2.45, 2.75) is 45.8 Å². The number of rotatable bonds is 4. The molecule has 1 heteroatoms. The van der Waals surface area contributed by atoms with Crippen molar-refractivity contribution < 1.29 is 4.74 Å². The molecule has 0 spiro atoms. The fourth-order valence-corrected chi connectivity index (χ4v) is 0.630. The van der Waals surface area contributed by atoms with E-state index in [-0.39, 0.29) is 6.10 Å². The van der Waals surface area contributed by atoms with Crippen molar-refractivity contribution in [3.05, 3.63) is 0 Å². The Hall–Kier alpha value is -0.480. The number of hydrogen-bond acceptors (Lipinski definition) is 1. The van der Waals surface area contributed by atoms with Crippen LogP contribution in [0.4, 0.5) is 0 Å². The van der Waals surface area contributed by atoms with Gasteiger partial charge in [0.25, 0.3) is 0 Å². The molecule has 0 aliphatic carbocycles. The van der Waals surface area contributed by atoms with Crippen LogP contribution in [0.15, 0.2) is 0 Å². The van der Waals surface area contributed by atoms with E-state index in [0.29, 0.717) is 6.10 Å². The van der Waals surface area contributed by atoms with Crippen LogP contribution in [0.1, 0.15) is 33.6 Å². The van der Waals surface area contributed by atoms with Gasteiger partial charge in [-0.15, -0.1) is 6.42 Å². The van der Waals surface area contributed by atoms with Gasteiger partial charge in [0.15, 0.2) is 0 Å². The highest BCUT2D eigenvalue weighted by Gasteiger charge is 2.05. The first-order valence-corrected chi connectivity index (χ1v) is 3.86. The predicted molar refractivity (Wildman–Crippen MR) is 43.8 cm³/mol. The van der Waals surface area contributed by atoms with Crippen LogP contribution in [-0.2, 0) is 4.74 Å². The van der Waals surface area contributed by atoms with E-state index in [4.69, 9.17) is 11.2 Å². The van der Waals surface area contributed by atoms with Gasteiger partial charge in [-0.1, -0.05) is 19.8 Å². The summed E-state index contributed by atoms with van der Waals surface area (Å²) < 4.78 is 5.46. The molecule has 10 heavy (non-hydrogen) atoms. The van der Waals surface area contributed by atoms with E-state index in [0.717, 1.165) is 12.8 Å². The van der Waals surface area contributed by atoms with Gasteiger partial charge in [-0.25, -0.2) is 0 Å². The minimum atomic E-state index is 0.00921. The second-order valence-electron chi connectivity index (χ2n) is 2.42. The lowest BCUT2D eigenvalue weighted by Crippen LogP contribution is -2.16. The number of terminal acetylenes is 1. The van der Waals surface area contributed by atoms with E-state index in [9.17, 15) is 0 Å². The first-order valence-electron chi connectivity index (χ1n) is 3.86. The summed E-state index contributed by atoms with van der Waals surface area (Å²) in [7, 11) is 0. The summed E-state index contributed by atoms with van der Waals surface area (Å²) in [5.74, 6) is 2.59. The topological polar surface area (TPSA) is 9.23 Å². The molecule has 0 aliphatic heterocycles. The third-order valence-electron chi connectivity index (χ3n) is 1.53. The Bertz CT molecular complexity index is 112. The largest absolute Gasteiger partial charge is 0.363 e. The summed E-state index contributed by atoms with van der Waals surface area (Å²) in [4.78, 5) is 0. The van der Waals surface area contributed by atoms with Gasteiger partial charge >= 0.3 is 0 Å². The molecule has 0 N–H and O–H groups in total. The normalized spacial score (nSPS) is 15.8. The van der Waals surface area contributed by atoms with Crippen molar-refractivity contribution in [3.8, 4) is 12.3 Å². The molecule has 2 unspecified atom stereocenters. The Labute approximate surface area is 63.8 Å². The zero-order valence-corrected chi connectivity index (χ0v) is 7.05. The Morgan fingerprint density at radius 1 is 1.40 bits per heavy atom. The third kappa shape index (κ3) is 3.53. The lowest BCUT2D eigenvalue weighted by molar-refractivity contribution is 0.0261. The van der Waals surface area contributed by atoms with Crippen LogP contribution in [0.25, 0.3) is 0 Å². The van der Waals surface area contributed by atoms with E-state index in [1.54, 1.807) is 0 Å². The monoisotopic (exact) mass is 140 g/mol. The number of ether oxygens (including phenoxy) is 1. The smallest absolute Gasteiger partial charge is 0.118 e. The minimum Gasteiger partial charge on any atom is -0.363 e. The standard InChI is InChI=1S/C9H16O/c1-5-8(4)10-9(6-2)7-3/h2,8-9H,5,7H2,1,3-4H3. The maximum Gasteiger partial charge on any atom is 0.118 e. The van der Waals surface area contributed by atoms with Crippen molar-refractivity contribution in [3.63, 3.8) is 0 Å². The molecule has 0 aliphatic rings. The first-order chi connectivity index (χ1) is 4.74. The van der Waals surface area contributed by atoms with Crippen LogP contribution in [0, 0.1) is 12.3 Å². The van der Waals surface area contributed by atoms with Crippen molar-refractivity contribution >= 4 is 0 Å². The Morgan fingerprint density at radius 3 is 2.30 bits per heavy atom. The molecule has 0 radical (unpaired) electrons. The van der Waals surface area contributed by atoms with Crippen LogP contribution in [0.5, 0.6) is 0 Å². The SMILES string of the molecule is C#CC(CC)OC(C)CC. The average Bonchev–Trinajstić information content (AvgIpc) is 1.99. The lowest BCUT2D eigenvalue weighted by Gasteiger charge is -2.14. The average molecular weight is 140 g/mol. The fraction of sp³-hybridized carbons (Fsp3) is 0.778. The van der Waals surface area contributed by atoms with Gasteiger partial charge in [0.2, 0.25) is 0 Å². The molecule has 0 amide bonds. The van der Waals surface area contributed by atoms with Crippen LogP contribution in [0.3, 0.4) is 0 Å². The molecule has 0 fully saturated rings. The highest BCUT2D eigenvalue weighted by Crippen LogP contribution is 2.03. The Morgan fingerprint density at radius 2 is 2.00 bits per heavy atom. The highest BCUT2D eigenvalue weighted by molar-refractivity contribution is 4.93. The maximum atomic E-state index is 5.46. The second kappa shape index (κ2) is 5.32. The van der Waals surface area contributed by atoms with Crippen molar-refractivity contribution in [2.24, 2.45) is 0 Å². The summed E-state index contributed by atoms with van der Waals surface area (Å²) in [6, 6.07) is 0. The number of hydrogen-bond donors (Lipinski definition) is 0. The summed E-state index contributed by atoms with van der Waals surface area (Å²) in [5.41, 5.74) is 0. The van der Waals surface area contributed by atoms with Crippen molar-refractivity contribution in [1.29, 1.82) is 0 Å². The van der Waals surface area contributed by atoms with Gasteiger partial charge in [-0.2, -0.15) is 0 Å². The molecule has 0 saturated heterocycles. The van der Waals surface area contributed by atoms with E-state index >= 15 is 0 Å². The third-order valence-corrected chi connectivity index (χ3v) is 1.53. The molecule has 0 saturated carbocycles. The molecule has 1 nitrogen and oxygen atoms in total. The van der Waals surface area contributed by atoms with E-state index < -0.39 is 0 Å². The van der Waals surface area contributed by atoms with E-state index in [2.05, 4.69) is 12.8 Å². The molecule has 0 aromatic heterocycles. The van der Waals surface area contributed by atoms with Gasteiger partial charge in [-0.05, 0) is 19.8 Å². The van der Waals surface area contributed by atoms with Crippen molar-refractivity contribution in [1.82, 2.24) is 0 Å². The molecule has 0 aromatic rings. The van der Waals surface area contributed by atoms with Crippen LogP contribution >= 0.6 is 0 Å². The maximum absolute atomic E-state index is 5.46. The van der Waals surface area contributed by atoms with Gasteiger partial charge < -0.3 is 4.74 Å². The highest BCUT2D eigenvalue weighted by atomic mass is 16.5. The zero-order chi connectivity index (χ0) is 7.98. The summed E-state index contributed by atoms with van der Waals surface area (Å²) >= 11 is 0. The predicted octanol–water partition coefficient (Wildman–Crippen LogP) is 2.21. The lowest BCUT2D eigenvalue weighted by atomic mass is 10.2. The molecule has 0 heterocycles. The second-order valence-corrected chi connectivity index (χ2v) is 2.42. The molecule has 58 valence electrons. The Kier molecular flexibility index (Phi) is 5.06. The van der Waals surface area contributed by atoms with Gasteiger partial charge in [0, 0.05) is 0 Å². The quantitative estimate of drug-likeness (QED) is 0.544. The van der Waals surface area contributed by atoms with E-state index in [1.807, 2.05) is 13.8 Å². The first kappa shape index (κ1) is 9.52. The van der Waals surface area contributed by atoms with Crippen molar-refractivity contribution in [2.75, 3.05) is 0 Å². The van der Waals surface area contributed by atoms with Crippen LogP contribution in [-0.4, -0.2) is 12.2 Å². The molecule has 0 rings (SSSR count). The zero-order valence-electron chi connectivity index (χ0n) is 7.05. The summed E-state index contributed by atoms with van der Waals surface area (Å²) in [5, 5.41) is 0. The van der Waals surface area contributed by atoms with E-state index in [1.165, 1.54) is 0 Å². The summed E-state index contributed by atoms with van der Waals surface area (Å²) in [6.07, 6.45) is 7.44. The van der Waals surface area contributed by atoms with Crippen LogP contribution in [0.2, 0.25) is 0 Å². The Balaban J connectivity index is 3.54. The minimum absolute atomic E-state index is 0.00921. The van der Waals surface area contributed by atoms with Gasteiger partial charge in [0.05, 0.1) is 6.10 Å². The van der Waals surface area contributed by atoms with Gasteiger partial charge in [-0.3, -0.25) is 0 Å². The summed E-state index contributed by atoms with van der Waals surface area (Å²) in [6.45, 7) is 6.17. The molecular weight excluding hydrogens is 124 g/mol. The molecular formula is C9H16O.